The molecule has 1 amide bonds. The van der Waals surface area contributed by atoms with Crippen LogP contribution in [0.3, 0.4) is 0 Å². The van der Waals surface area contributed by atoms with Crippen LogP contribution in [-0.2, 0) is 0 Å². The third-order valence-corrected chi connectivity index (χ3v) is 5.21. The van der Waals surface area contributed by atoms with E-state index in [4.69, 9.17) is 21.1 Å². The average molecular weight is 366 g/mol. The number of anilines is 1. The maximum Gasteiger partial charge on any atom is 0.254 e. The number of fused-ring (bicyclic) bond motifs is 1. The number of nitrogens with zero attached hydrogens (tertiary/aromatic N) is 3. The number of thiazole rings is 1. The topological polar surface area (TPSA) is 54.9 Å². The third kappa shape index (κ3) is 2.89. The van der Waals surface area contributed by atoms with Crippen LogP contribution in [0.2, 0.25) is 5.02 Å². The van der Waals surface area contributed by atoms with Gasteiger partial charge in [0.2, 0.25) is 0 Å². The molecule has 0 aliphatic carbocycles. The van der Waals surface area contributed by atoms with Gasteiger partial charge < -0.3 is 19.3 Å². The van der Waals surface area contributed by atoms with Gasteiger partial charge in [0.1, 0.15) is 13.2 Å². The first-order valence-corrected chi connectivity index (χ1v) is 9.01. The number of amides is 1. The molecule has 2 aliphatic heterocycles. The zero-order valence-electron chi connectivity index (χ0n) is 12.9. The number of carbonyl (C=O) groups excluding carboxylic acids is 1. The van der Waals surface area contributed by atoms with Crippen LogP contribution in [0.1, 0.15) is 10.4 Å². The molecule has 0 unspecified atom stereocenters. The van der Waals surface area contributed by atoms with Crippen molar-refractivity contribution in [1.82, 2.24) is 9.88 Å². The van der Waals surface area contributed by atoms with Gasteiger partial charge in [-0.05, 0) is 12.1 Å². The molecule has 0 saturated carbocycles. The van der Waals surface area contributed by atoms with Gasteiger partial charge >= 0.3 is 0 Å². The second kappa shape index (κ2) is 6.49. The molecule has 2 aromatic rings. The summed E-state index contributed by atoms with van der Waals surface area (Å²) in [5, 5.41) is 3.38. The van der Waals surface area contributed by atoms with Crippen molar-refractivity contribution in [1.29, 1.82) is 0 Å². The van der Waals surface area contributed by atoms with Crippen molar-refractivity contribution < 1.29 is 14.3 Å². The first kappa shape index (κ1) is 15.5. The van der Waals surface area contributed by atoms with Crippen molar-refractivity contribution in [2.24, 2.45) is 0 Å². The van der Waals surface area contributed by atoms with Crippen LogP contribution >= 0.6 is 22.9 Å². The third-order valence-electron chi connectivity index (χ3n) is 4.10. The molecule has 0 spiro atoms. The van der Waals surface area contributed by atoms with Gasteiger partial charge in [0, 0.05) is 43.3 Å². The van der Waals surface area contributed by atoms with E-state index >= 15 is 0 Å². The van der Waals surface area contributed by atoms with Crippen molar-refractivity contribution >= 4 is 34.0 Å². The smallest absolute Gasteiger partial charge is 0.254 e. The Kier molecular flexibility index (Phi) is 4.20. The molecular formula is C16H16ClN3O3S. The quantitative estimate of drug-likeness (QED) is 0.818. The zero-order valence-corrected chi connectivity index (χ0v) is 14.5. The molecule has 0 atom stereocenters. The monoisotopic (exact) mass is 365 g/mol. The van der Waals surface area contributed by atoms with Crippen molar-refractivity contribution in [3.63, 3.8) is 0 Å². The Hall–Kier alpha value is -1.99. The van der Waals surface area contributed by atoms with E-state index in [2.05, 4.69) is 9.88 Å². The fraction of sp³-hybridized carbons (Fsp3) is 0.375. The van der Waals surface area contributed by atoms with Gasteiger partial charge in [-0.3, -0.25) is 4.79 Å². The highest BCUT2D eigenvalue weighted by molar-refractivity contribution is 7.13. The largest absolute Gasteiger partial charge is 0.486 e. The Balaban J connectivity index is 1.48. The second-order valence-electron chi connectivity index (χ2n) is 5.58. The maximum absolute atomic E-state index is 12.8. The second-order valence-corrected chi connectivity index (χ2v) is 6.86. The number of benzene rings is 1. The first-order valence-electron chi connectivity index (χ1n) is 7.75. The highest BCUT2D eigenvalue weighted by Gasteiger charge is 2.26. The van der Waals surface area contributed by atoms with Crippen molar-refractivity contribution in [3.05, 3.63) is 34.3 Å². The molecule has 2 aliphatic rings. The lowest BCUT2D eigenvalue weighted by Gasteiger charge is -2.34. The van der Waals surface area contributed by atoms with Crippen LogP contribution in [0.15, 0.2) is 23.7 Å². The molecule has 3 heterocycles. The van der Waals surface area contributed by atoms with Crippen LogP contribution in [0.25, 0.3) is 0 Å². The molecule has 126 valence electrons. The number of aromatic nitrogens is 1. The molecule has 1 fully saturated rings. The molecule has 0 radical (unpaired) electrons. The number of carbonyl (C=O) groups is 1. The van der Waals surface area contributed by atoms with Crippen LogP contribution in [-0.4, -0.2) is 55.2 Å². The van der Waals surface area contributed by atoms with Gasteiger partial charge in [-0.15, -0.1) is 11.3 Å². The van der Waals surface area contributed by atoms with E-state index < -0.39 is 0 Å². The average Bonchev–Trinajstić information content (AvgIpc) is 3.16. The fourth-order valence-electron chi connectivity index (χ4n) is 2.89. The van der Waals surface area contributed by atoms with Crippen molar-refractivity contribution in [3.8, 4) is 11.5 Å². The SMILES string of the molecule is O=C(c1cc(Cl)c2c(c1)OCCO2)N1CCN(c2nccs2)CC1. The lowest BCUT2D eigenvalue weighted by Crippen LogP contribution is -2.48. The van der Waals surface area contributed by atoms with E-state index in [0.717, 1.165) is 18.2 Å². The number of hydrogen-bond donors (Lipinski definition) is 0. The summed E-state index contributed by atoms with van der Waals surface area (Å²) in [6.45, 7) is 3.80. The maximum atomic E-state index is 12.8. The van der Waals surface area contributed by atoms with E-state index in [1.165, 1.54) is 0 Å². The minimum absolute atomic E-state index is 0.0346. The number of ether oxygens (including phenoxy) is 2. The highest BCUT2D eigenvalue weighted by atomic mass is 35.5. The first-order chi connectivity index (χ1) is 11.7. The van der Waals surface area contributed by atoms with E-state index in [-0.39, 0.29) is 5.91 Å². The molecule has 1 aromatic carbocycles. The van der Waals surface area contributed by atoms with E-state index in [1.807, 2.05) is 10.3 Å². The summed E-state index contributed by atoms with van der Waals surface area (Å²) in [4.78, 5) is 21.1. The standard InChI is InChI=1S/C16H16ClN3O3S/c17-12-9-11(10-13-14(12)23-7-6-22-13)15(21)19-2-4-20(5-3-19)16-18-1-8-24-16/h1,8-10H,2-7H2. The molecule has 1 saturated heterocycles. The summed E-state index contributed by atoms with van der Waals surface area (Å²) in [6, 6.07) is 3.38. The summed E-state index contributed by atoms with van der Waals surface area (Å²) in [5.74, 6) is 1.03. The summed E-state index contributed by atoms with van der Waals surface area (Å²) < 4.78 is 11.0. The molecule has 24 heavy (non-hydrogen) atoms. The van der Waals surface area contributed by atoms with Crippen LogP contribution in [0.5, 0.6) is 11.5 Å². The Morgan fingerprint density at radius 3 is 2.71 bits per heavy atom. The van der Waals surface area contributed by atoms with Gasteiger partial charge in [0.05, 0.1) is 5.02 Å². The number of hydrogen-bond acceptors (Lipinski definition) is 6. The van der Waals surface area contributed by atoms with Crippen LogP contribution in [0, 0.1) is 0 Å². The lowest BCUT2D eigenvalue weighted by molar-refractivity contribution is 0.0745. The molecular weight excluding hydrogens is 350 g/mol. The summed E-state index contributed by atoms with van der Waals surface area (Å²) in [5.41, 5.74) is 0.534. The number of rotatable bonds is 2. The molecule has 6 nitrogen and oxygen atoms in total. The summed E-state index contributed by atoms with van der Waals surface area (Å²) >= 11 is 7.85. The Bertz CT molecular complexity index is 745. The van der Waals surface area contributed by atoms with Crippen LogP contribution < -0.4 is 14.4 Å². The number of piperazine rings is 1. The fourth-order valence-corrected chi connectivity index (χ4v) is 3.85. The molecule has 0 bridgehead atoms. The predicted molar refractivity (Wildman–Crippen MR) is 92.7 cm³/mol. The van der Waals surface area contributed by atoms with Crippen molar-refractivity contribution in [2.75, 3.05) is 44.3 Å². The zero-order chi connectivity index (χ0) is 16.5. The predicted octanol–water partition coefficient (Wildman–Crippen LogP) is 2.53. The van der Waals surface area contributed by atoms with Gasteiger partial charge in [-0.2, -0.15) is 0 Å². The molecule has 4 rings (SSSR count). The molecule has 1 aromatic heterocycles. The Morgan fingerprint density at radius 2 is 1.96 bits per heavy atom. The molecule has 0 N–H and O–H groups in total. The minimum Gasteiger partial charge on any atom is -0.486 e. The Labute approximate surface area is 148 Å². The summed E-state index contributed by atoms with van der Waals surface area (Å²) in [7, 11) is 0. The van der Waals surface area contributed by atoms with E-state index in [1.54, 1.807) is 29.7 Å². The Morgan fingerprint density at radius 1 is 1.17 bits per heavy atom. The summed E-state index contributed by atoms with van der Waals surface area (Å²) in [6.07, 6.45) is 1.80. The normalized spacial score (nSPS) is 17.0. The highest BCUT2D eigenvalue weighted by Crippen LogP contribution is 2.38. The van der Waals surface area contributed by atoms with E-state index in [9.17, 15) is 4.79 Å². The lowest BCUT2D eigenvalue weighted by atomic mass is 10.1. The van der Waals surface area contributed by atoms with Gasteiger partial charge in [-0.25, -0.2) is 4.98 Å². The van der Waals surface area contributed by atoms with Crippen LogP contribution in [0.4, 0.5) is 5.13 Å². The van der Waals surface area contributed by atoms with Crippen molar-refractivity contribution in [2.45, 2.75) is 0 Å². The minimum atomic E-state index is -0.0346. The molecule has 8 heteroatoms. The van der Waals surface area contributed by atoms with E-state index in [0.29, 0.717) is 48.4 Å². The number of halogens is 1. The van der Waals surface area contributed by atoms with Gasteiger partial charge in [0.25, 0.3) is 5.91 Å². The van der Waals surface area contributed by atoms with Gasteiger partial charge in [0.15, 0.2) is 16.6 Å². The van der Waals surface area contributed by atoms with Gasteiger partial charge in [-0.1, -0.05) is 11.6 Å².